The third kappa shape index (κ3) is 5.19. The van der Waals surface area contributed by atoms with Gasteiger partial charge < -0.3 is 5.32 Å². The maximum absolute atomic E-state index is 13.9. The number of alkyl halides is 3. The maximum atomic E-state index is 13.9. The minimum absolute atomic E-state index is 0.0658. The molecule has 1 N–H and O–H groups in total. The zero-order valence-corrected chi connectivity index (χ0v) is 14.7. The number of amides is 1. The second-order valence-electron chi connectivity index (χ2n) is 5.60. The third-order valence-electron chi connectivity index (χ3n) is 3.76. The molecule has 2 aromatic rings. The van der Waals surface area contributed by atoms with Gasteiger partial charge in [-0.05, 0) is 30.8 Å². The summed E-state index contributed by atoms with van der Waals surface area (Å²) in [5.74, 6) is -1.13. The average Bonchev–Trinajstić information content (AvgIpc) is 2.56. The van der Waals surface area contributed by atoms with E-state index in [0.29, 0.717) is 6.54 Å². The summed E-state index contributed by atoms with van der Waals surface area (Å²) in [5, 5.41) is 2.50. The fraction of sp³-hybridized carbons (Fsp3) is 0.278. The van der Waals surface area contributed by atoms with Crippen LogP contribution in [0.5, 0.6) is 0 Å². The second kappa shape index (κ2) is 8.51. The first kappa shape index (κ1) is 20.2. The summed E-state index contributed by atoms with van der Waals surface area (Å²) < 4.78 is 52.8. The predicted octanol–water partition coefficient (Wildman–Crippen LogP) is 4.96. The number of likely N-dealkylation sites (N-methyl/N-ethyl adjacent to an activating group) is 1. The zero-order valence-electron chi connectivity index (χ0n) is 13.9. The molecule has 26 heavy (non-hydrogen) atoms. The number of carbonyl (C=O) groups excluding carboxylic acids is 1. The first-order valence-corrected chi connectivity index (χ1v) is 8.21. The van der Waals surface area contributed by atoms with Gasteiger partial charge in [0.25, 0.3) is 0 Å². The Morgan fingerprint density at radius 3 is 2.46 bits per heavy atom. The number of nitrogens with zero attached hydrogens (tertiary/aromatic N) is 1. The lowest BCUT2D eigenvalue weighted by molar-refractivity contribution is -0.137. The van der Waals surface area contributed by atoms with Crippen LogP contribution in [0.4, 0.5) is 23.2 Å². The summed E-state index contributed by atoms with van der Waals surface area (Å²) in [6.07, 6.45) is -4.57. The summed E-state index contributed by atoms with van der Waals surface area (Å²) in [6, 6.07) is 9.00. The number of benzene rings is 2. The Hall–Kier alpha value is -2.12. The maximum Gasteiger partial charge on any atom is 0.418 e. The van der Waals surface area contributed by atoms with Crippen molar-refractivity contribution in [3.8, 4) is 0 Å². The lowest BCUT2D eigenvalue weighted by atomic mass is 10.1. The number of halogens is 5. The number of nitrogens with one attached hydrogen (secondary N) is 1. The van der Waals surface area contributed by atoms with Gasteiger partial charge in [-0.3, -0.25) is 9.69 Å². The van der Waals surface area contributed by atoms with Gasteiger partial charge in [-0.25, -0.2) is 4.39 Å². The molecule has 0 aliphatic heterocycles. The van der Waals surface area contributed by atoms with Crippen LogP contribution in [0, 0.1) is 5.82 Å². The van der Waals surface area contributed by atoms with Crippen LogP contribution >= 0.6 is 11.6 Å². The number of hydrogen-bond donors (Lipinski definition) is 1. The van der Waals surface area contributed by atoms with Gasteiger partial charge in [0, 0.05) is 17.1 Å². The fourth-order valence-corrected chi connectivity index (χ4v) is 2.64. The highest BCUT2D eigenvalue weighted by molar-refractivity contribution is 6.31. The lowest BCUT2D eigenvalue weighted by Gasteiger charge is -2.21. The predicted molar refractivity (Wildman–Crippen MR) is 92.4 cm³/mol. The number of carbonyl (C=O) groups is 1. The van der Waals surface area contributed by atoms with Gasteiger partial charge in [0.15, 0.2) is 0 Å². The van der Waals surface area contributed by atoms with E-state index in [0.717, 1.165) is 6.07 Å². The van der Waals surface area contributed by atoms with Crippen molar-refractivity contribution in [3.05, 3.63) is 64.4 Å². The van der Waals surface area contributed by atoms with Gasteiger partial charge in [-0.2, -0.15) is 13.2 Å². The number of rotatable bonds is 6. The normalized spacial score (nSPS) is 11.7. The van der Waals surface area contributed by atoms with Crippen LogP contribution in [0.1, 0.15) is 18.1 Å². The molecule has 8 heteroatoms. The van der Waals surface area contributed by atoms with Crippen LogP contribution in [0.2, 0.25) is 5.02 Å². The molecule has 0 fully saturated rings. The quantitative estimate of drug-likeness (QED) is 0.709. The van der Waals surface area contributed by atoms with E-state index >= 15 is 0 Å². The topological polar surface area (TPSA) is 32.3 Å². The SMILES string of the molecule is CCN(CC(=O)Nc1ccccc1C(F)(F)F)Cc1c(F)cccc1Cl. The molecule has 0 atom stereocenters. The molecule has 0 saturated carbocycles. The minimum atomic E-state index is -4.57. The molecular formula is C18H17ClF4N2O. The largest absolute Gasteiger partial charge is 0.418 e. The van der Waals surface area contributed by atoms with Crippen molar-refractivity contribution in [2.75, 3.05) is 18.4 Å². The molecular weight excluding hydrogens is 372 g/mol. The van der Waals surface area contributed by atoms with E-state index in [-0.39, 0.29) is 29.4 Å². The monoisotopic (exact) mass is 388 g/mol. The molecule has 1 amide bonds. The first-order chi connectivity index (χ1) is 12.2. The van der Waals surface area contributed by atoms with Gasteiger partial charge in [0.05, 0.1) is 17.8 Å². The van der Waals surface area contributed by atoms with Crippen LogP contribution < -0.4 is 5.32 Å². The minimum Gasteiger partial charge on any atom is -0.324 e. The van der Waals surface area contributed by atoms with Gasteiger partial charge >= 0.3 is 6.18 Å². The summed E-state index contributed by atoms with van der Waals surface area (Å²) in [7, 11) is 0. The highest BCUT2D eigenvalue weighted by atomic mass is 35.5. The van der Waals surface area contributed by atoms with Crippen molar-refractivity contribution in [3.63, 3.8) is 0 Å². The van der Waals surface area contributed by atoms with Crippen LogP contribution in [0.25, 0.3) is 0 Å². The molecule has 140 valence electrons. The second-order valence-corrected chi connectivity index (χ2v) is 6.00. The number of hydrogen-bond acceptors (Lipinski definition) is 2. The molecule has 0 aliphatic rings. The summed E-state index contributed by atoms with van der Waals surface area (Å²) in [4.78, 5) is 13.8. The molecule has 0 aromatic heterocycles. The van der Waals surface area contributed by atoms with E-state index in [9.17, 15) is 22.4 Å². The van der Waals surface area contributed by atoms with Crippen LogP contribution in [0.15, 0.2) is 42.5 Å². The van der Waals surface area contributed by atoms with Crippen LogP contribution in [-0.2, 0) is 17.5 Å². The van der Waals surface area contributed by atoms with Gasteiger partial charge in [-0.1, -0.05) is 36.7 Å². The Kier molecular flexibility index (Phi) is 6.61. The van der Waals surface area contributed by atoms with E-state index in [1.165, 1.54) is 36.4 Å². The summed E-state index contributed by atoms with van der Waals surface area (Å²) in [6.45, 7) is 2.01. The number of anilines is 1. The van der Waals surface area contributed by atoms with Crippen molar-refractivity contribution in [2.45, 2.75) is 19.6 Å². The van der Waals surface area contributed by atoms with E-state index in [2.05, 4.69) is 5.32 Å². The van der Waals surface area contributed by atoms with Crippen LogP contribution in [-0.4, -0.2) is 23.9 Å². The summed E-state index contributed by atoms with van der Waals surface area (Å²) in [5.41, 5.74) is -1.00. The molecule has 2 rings (SSSR count). The third-order valence-corrected chi connectivity index (χ3v) is 4.12. The summed E-state index contributed by atoms with van der Waals surface area (Å²) >= 11 is 5.98. The lowest BCUT2D eigenvalue weighted by Crippen LogP contribution is -2.33. The van der Waals surface area contributed by atoms with Crippen LogP contribution in [0.3, 0.4) is 0 Å². The van der Waals surface area contributed by atoms with Crippen molar-refractivity contribution >= 4 is 23.2 Å². The van der Waals surface area contributed by atoms with E-state index in [1.807, 2.05) is 0 Å². The molecule has 0 saturated heterocycles. The Bertz CT molecular complexity index is 760. The first-order valence-electron chi connectivity index (χ1n) is 7.83. The smallest absolute Gasteiger partial charge is 0.324 e. The highest BCUT2D eigenvalue weighted by Gasteiger charge is 2.33. The van der Waals surface area contributed by atoms with Crippen molar-refractivity contribution in [1.82, 2.24) is 4.90 Å². The van der Waals surface area contributed by atoms with E-state index in [1.54, 1.807) is 11.8 Å². The molecule has 0 unspecified atom stereocenters. The van der Waals surface area contributed by atoms with E-state index in [4.69, 9.17) is 11.6 Å². The van der Waals surface area contributed by atoms with Crippen molar-refractivity contribution in [1.29, 1.82) is 0 Å². The van der Waals surface area contributed by atoms with Gasteiger partial charge in [0.2, 0.25) is 5.91 Å². The molecule has 0 radical (unpaired) electrons. The molecule has 3 nitrogen and oxygen atoms in total. The van der Waals surface area contributed by atoms with Gasteiger partial charge in [-0.15, -0.1) is 0 Å². The molecule has 0 bridgehead atoms. The number of para-hydroxylation sites is 1. The van der Waals surface area contributed by atoms with Gasteiger partial charge in [0.1, 0.15) is 5.82 Å². The standard InChI is InChI=1S/C18H17ClF4N2O/c1-2-25(10-12-14(19)7-5-8-15(12)20)11-17(26)24-16-9-4-3-6-13(16)18(21,22)23/h3-9H,2,10-11H2,1H3,(H,24,26). The Labute approximate surface area is 153 Å². The zero-order chi connectivity index (χ0) is 19.3. The Morgan fingerprint density at radius 1 is 1.15 bits per heavy atom. The van der Waals surface area contributed by atoms with Crippen molar-refractivity contribution in [2.24, 2.45) is 0 Å². The van der Waals surface area contributed by atoms with Crippen molar-refractivity contribution < 1.29 is 22.4 Å². The fourth-order valence-electron chi connectivity index (χ4n) is 2.42. The Balaban J connectivity index is 2.09. The molecule has 2 aromatic carbocycles. The Morgan fingerprint density at radius 2 is 1.85 bits per heavy atom. The molecule has 0 heterocycles. The average molecular weight is 389 g/mol. The highest BCUT2D eigenvalue weighted by Crippen LogP contribution is 2.34. The molecule has 0 aliphatic carbocycles. The molecule has 0 spiro atoms. The van der Waals surface area contributed by atoms with E-state index < -0.39 is 23.5 Å².